The summed E-state index contributed by atoms with van der Waals surface area (Å²) < 4.78 is 40.9. The molecule has 0 saturated carbocycles. The Morgan fingerprint density at radius 2 is 1.58 bits per heavy atom. The van der Waals surface area contributed by atoms with Gasteiger partial charge >= 0.3 is 6.18 Å². The fraction of sp³-hybridized carbons (Fsp3) is 0.350. The molecule has 0 saturated heterocycles. The lowest BCUT2D eigenvalue weighted by molar-refractivity contribution is -0.176. The fourth-order valence-corrected chi connectivity index (χ4v) is 2.63. The molecule has 3 nitrogen and oxygen atoms in total. The Balaban J connectivity index is 2.05. The van der Waals surface area contributed by atoms with Crippen LogP contribution in [0.4, 0.5) is 18.9 Å². The molecule has 26 heavy (non-hydrogen) atoms. The maximum Gasteiger partial charge on any atom is 0.411 e. The molecule has 1 N–H and O–H groups in total. The number of benzene rings is 2. The predicted octanol–water partition coefficient (Wildman–Crippen LogP) is 5.14. The van der Waals surface area contributed by atoms with E-state index >= 15 is 0 Å². The van der Waals surface area contributed by atoms with Gasteiger partial charge in [0.1, 0.15) is 6.61 Å². The normalized spacial score (nSPS) is 11.4. The quantitative estimate of drug-likeness (QED) is 0.738. The summed E-state index contributed by atoms with van der Waals surface area (Å²) in [7, 11) is 0. The third-order valence-corrected chi connectivity index (χ3v) is 3.99. The fourth-order valence-electron chi connectivity index (χ4n) is 2.63. The molecule has 0 aliphatic heterocycles. The third-order valence-electron chi connectivity index (χ3n) is 3.99. The first-order chi connectivity index (χ1) is 12.3. The lowest BCUT2D eigenvalue weighted by Gasteiger charge is -2.14. The summed E-state index contributed by atoms with van der Waals surface area (Å²) >= 11 is 0. The molecule has 0 bridgehead atoms. The zero-order chi connectivity index (χ0) is 19.2. The van der Waals surface area contributed by atoms with Crippen molar-refractivity contribution in [3.63, 3.8) is 0 Å². The summed E-state index contributed by atoms with van der Waals surface area (Å²) in [6.45, 7) is 2.61. The average molecular weight is 365 g/mol. The SMILES string of the molecule is CCc1cccc(CC)c1NC(=O)c1ccc(COCC(F)(F)F)cc1. The first kappa shape index (κ1) is 20.0. The van der Waals surface area contributed by atoms with E-state index < -0.39 is 12.8 Å². The first-order valence-electron chi connectivity index (χ1n) is 8.49. The van der Waals surface area contributed by atoms with Crippen molar-refractivity contribution in [3.8, 4) is 0 Å². The van der Waals surface area contributed by atoms with E-state index in [0.29, 0.717) is 11.1 Å². The van der Waals surface area contributed by atoms with Gasteiger partial charge in [0.05, 0.1) is 6.61 Å². The van der Waals surface area contributed by atoms with Gasteiger partial charge in [0, 0.05) is 11.3 Å². The largest absolute Gasteiger partial charge is 0.411 e. The number of halogens is 3. The topological polar surface area (TPSA) is 38.3 Å². The van der Waals surface area contributed by atoms with E-state index in [9.17, 15) is 18.0 Å². The molecule has 0 atom stereocenters. The molecule has 6 heteroatoms. The minimum atomic E-state index is -4.34. The van der Waals surface area contributed by atoms with E-state index in [1.54, 1.807) is 24.3 Å². The molecule has 0 unspecified atom stereocenters. The van der Waals surface area contributed by atoms with Crippen LogP contribution in [0.5, 0.6) is 0 Å². The van der Waals surface area contributed by atoms with Gasteiger partial charge in [-0.1, -0.05) is 44.2 Å². The molecule has 2 aromatic carbocycles. The Bertz CT molecular complexity index is 717. The van der Waals surface area contributed by atoms with Crippen LogP contribution < -0.4 is 5.32 Å². The van der Waals surface area contributed by atoms with Crippen LogP contribution in [0.15, 0.2) is 42.5 Å². The Hall–Kier alpha value is -2.34. The Morgan fingerprint density at radius 1 is 1.00 bits per heavy atom. The van der Waals surface area contributed by atoms with Crippen molar-refractivity contribution < 1.29 is 22.7 Å². The molecule has 0 aliphatic carbocycles. The molecular formula is C20H22F3NO2. The van der Waals surface area contributed by atoms with Gasteiger partial charge < -0.3 is 10.1 Å². The maximum atomic E-state index is 12.5. The maximum absolute atomic E-state index is 12.5. The van der Waals surface area contributed by atoms with E-state index in [-0.39, 0.29) is 12.5 Å². The highest BCUT2D eigenvalue weighted by Gasteiger charge is 2.27. The number of anilines is 1. The van der Waals surface area contributed by atoms with Gasteiger partial charge in [0.15, 0.2) is 0 Å². The second-order valence-corrected chi connectivity index (χ2v) is 5.92. The number of para-hydroxylation sites is 1. The molecule has 140 valence electrons. The van der Waals surface area contributed by atoms with Crippen LogP contribution in [0.2, 0.25) is 0 Å². The van der Waals surface area contributed by atoms with Crippen LogP contribution in [0, 0.1) is 0 Å². The van der Waals surface area contributed by atoms with Gasteiger partial charge in [-0.25, -0.2) is 0 Å². The second-order valence-electron chi connectivity index (χ2n) is 5.92. The summed E-state index contributed by atoms with van der Waals surface area (Å²) in [4.78, 5) is 12.5. The summed E-state index contributed by atoms with van der Waals surface area (Å²) in [5.74, 6) is -0.247. The monoisotopic (exact) mass is 365 g/mol. The van der Waals surface area contributed by atoms with Crippen LogP contribution in [0.3, 0.4) is 0 Å². The van der Waals surface area contributed by atoms with Crippen LogP contribution >= 0.6 is 0 Å². The number of hydrogen-bond donors (Lipinski definition) is 1. The molecule has 2 rings (SSSR count). The molecule has 0 fully saturated rings. The van der Waals surface area contributed by atoms with Gasteiger partial charge in [-0.2, -0.15) is 13.2 Å². The number of ether oxygens (including phenoxy) is 1. The highest BCUT2D eigenvalue weighted by atomic mass is 19.4. The summed E-state index contributed by atoms with van der Waals surface area (Å²) in [5.41, 5.74) is 3.98. The molecular weight excluding hydrogens is 343 g/mol. The highest BCUT2D eigenvalue weighted by molar-refractivity contribution is 6.05. The number of carbonyl (C=O) groups excluding carboxylic acids is 1. The summed E-state index contributed by atoms with van der Waals surface area (Å²) in [6.07, 6.45) is -2.73. The third kappa shape index (κ3) is 5.59. The zero-order valence-corrected chi connectivity index (χ0v) is 14.8. The van der Waals surface area contributed by atoms with Crippen molar-refractivity contribution in [1.82, 2.24) is 0 Å². The minimum Gasteiger partial charge on any atom is -0.367 e. The van der Waals surface area contributed by atoms with Crippen molar-refractivity contribution in [2.24, 2.45) is 0 Å². The Kier molecular flexibility index (Phi) is 6.80. The van der Waals surface area contributed by atoms with Crippen LogP contribution in [0.25, 0.3) is 0 Å². The Labute approximate surface area is 151 Å². The number of alkyl halides is 3. The first-order valence-corrected chi connectivity index (χ1v) is 8.49. The van der Waals surface area contributed by atoms with E-state index in [4.69, 9.17) is 0 Å². The van der Waals surface area contributed by atoms with Crippen LogP contribution in [0.1, 0.15) is 40.9 Å². The molecule has 0 heterocycles. The molecule has 2 aromatic rings. The molecule has 0 radical (unpaired) electrons. The van der Waals surface area contributed by atoms with E-state index in [1.165, 1.54) is 0 Å². The van der Waals surface area contributed by atoms with E-state index in [2.05, 4.69) is 10.1 Å². The number of nitrogens with one attached hydrogen (secondary N) is 1. The van der Waals surface area contributed by atoms with Crippen LogP contribution in [-0.4, -0.2) is 18.7 Å². The number of rotatable bonds is 7. The van der Waals surface area contributed by atoms with Gasteiger partial charge in [0.2, 0.25) is 0 Å². The standard InChI is InChI=1S/C20H22F3NO2/c1-3-15-6-5-7-16(4-2)18(15)24-19(25)17-10-8-14(9-11-17)12-26-13-20(21,22)23/h5-11H,3-4,12-13H2,1-2H3,(H,24,25). The van der Waals surface area contributed by atoms with Gasteiger partial charge in [0.25, 0.3) is 5.91 Å². The lowest BCUT2D eigenvalue weighted by Crippen LogP contribution is -2.17. The van der Waals surface area contributed by atoms with Crippen molar-refractivity contribution in [2.45, 2.75) is 39.5 Å². The van der Waals surface area contributed by atoms with Crippen molar-refractivity contribution in [3.05, 3.63) is 64.7 Å². The average Bonchev–Trinajstić information content (AvgIpc) is 2.61. The molecule has 0 aromatic heterocycles. The van der Waals surface area contributed by atoms with Gasteiger partial charge in [-0.3, -0.25) is 4.79 Å². The van der Waals surface area contributed by atoms with Gasteiger partial charge in [-0.05, 0) is 41.7 Å². The second kappa shape index (κ2) is 8.85. The van der Waals surface area contributed by atoms with Gasteiger partial charge in [-0.15, -0.1) is 0 Å². The van der Waals surface area contributed by atoms with E-state index in [0.717, 1.165) is 29.7 Å². The number of aryl methyl sites for hydroxylation is 2. The van der Waals surface area contributed by atoms with Crippen molar-refractivity contribution >= 4 is 11.6 Å². The lowest BCUT2D eigenvalue weighted by atomic mass is 10.0. The summed E-state index contributed by atoms with van der Waals surface area (Å²) in [5, 5.41) is 2.96. The summed E-state index contributed by atoms with van der Waals surface area (Å²) in [6, 6.07) is 12.3. The number of amides is 1. The highest BCUT2D eigenvalue weighted by Crippen LogP contribution is 2.23. The zero-order valence-electron chi connectivity index (χ0n) is 14.8. The molecule has 0 aliphatic rings. The van der Waals surface area contributed by atoms with Crippen LogP contribution in [-0.2, 0) is 24.2 Å². The van der Waals surface area contributed by atoms with Crippen molar-refractivity contribution in [2.75, 3.05) is 11.9 Å². The predicted molar refractivity (Wildman–Crippen MR) is 95.3 cm³/mol. The molecule has 0 spiro atoms. The van der Waals surface area contributed by atoms with E-state index in [1.807, 2.05) is 32.0 Å². The number of carbonyl (C=O) groups is 1. The Morgan fingerprint density at radius 3 is 2.08 bits per heavy atom. The molecule has 1 amide bonds. The smallest absolute Gasteiger partial charge is 0.367 e. The van der Waals surface area contributed by atoms with Crippen molar-refractivity contribution in [1.29, 1.82) is 0 Å². The number of hydrogen-bond acceptors (Lipinski definition) is 2. The minimum absolute atomic E-state index is 0.153.